The van der Waals surface area contributed by atoms with Crippen LogP contribution in [0.3, 0.4) is 0 Å². The van der Waals surface area contributed by atoms with E-state index in [0.717, 1.165) is 15.8 Å². The van der Waals surface area contributed by atoms with E-state index in [1.165, 1.54) is 37.7 Å². The second kappa shape index (κ2) is 10.1. The third-order valence-corrected chi connectivity index (χ3v) is 6.22. The first-order valence-corrected chi connectivity index (χ1v) is 11.4. The zero-order chi connectivity index (χ0) is 24.2. The van der Waals surface area contributed by atoms with Crippen LogP contribution in [0.25, 0.3) is 10.2 Å². The first-order chi connectivity index (χ1) is 16.4. The van der Waals surface area contributed by atoms with E-state index in [-0.39, 0.29) is 5.91 Å². The molecule has 1 amide bonds. The van der Waals surface area contributed by atoms with Crippen LogP contribution < -0.4 is 19.2 Å². The van der Waals surface area contributed by atoms with Crippen LogP contribution >= 0.6 is 22.9 Å². The number of carbonyl (C=O) groups is 1. The molecule has 0 unspecified atom stereocenters. The Bertz CT molecular complexity index is 1360. The highest BCUT2D eigenvalue weighted by molar-refractivity contribution is 7.22. The molecule has 0 aliphatic carbocycles. The van der Waals surface area contributed by atoms with E-state index in [0.29, 0.717) is 38.5 Å². The number of carbonyl (C=O) groups excluding carboxylic acids is 1. The minimum absolute atomic E-state index is 0.359. The number of hydrogen-bond acceptors (Lipinski definition) is 7. The van der Waals surface area contributed by atoms with Gasteiger partial charge in [-0.1, -0.05) is 35.1 Å². The van der Waals surface area contributed by atoms with E-state index in [2.05, 4.69) is 10.1 Å². The molecule has 0 saturated heterocycles. The van der Waals surface area contributed by atoms with Crippen molar-refractivity contribution in [3.05, 3.63) is 76.3 Å². The molecule has 7 nitrogen and oxygen atoms in total. The summed E-state index contributed by atoms with van der Waals surface area (Å²) in [6.45, 7) is 2.01. The number of hydrazone groups is 1. The summed E-state index contributed by atoms with van der Waals surface area (Å²) in [4.78, 5) is 18.1. The number of rotatable bonds is 7. The summed E-state index contributed by atoms with van der Waals surface area (Å²) >= 11 is 7.51. The molecular weight excluding hydrogens is 474 g/mol. The highest BCUT2D eigenvalue weighted by atomic mass is 35.5. The molecule has 34 heavy (non-hydrogen) atoms. The van der Waals surface area contributed by atoms with E-state index >= 15 is 0 Å². The molecule has 0 aliphatic rings. The van der Waals surface area contributed by atoms with E-state index in [4.69, 9.17) is 25.8 Å². The second-order valence-corrected chi connectivity index (χ2v) is 8.74. The van der Waals surface area contributed by atoms with Gasteiger partial charge in [0.25, 0.3) is 5.91 Å². The normalized spacial score (nSPS) is 11.1. The van der Waals surface area contributed by atoms with Crippen LogP contribution in [0.15, 0.2) is 59.7 Å². The molecule has 0 atom stereocenters. The molecule has 0 N–H and O–H groups in total. The van der Waals surface area contributed by atoms with Gasteiger partial charge < -0.3 is 14.2 Å². The van der Waals surface area contributed by atoms with Crippen LogP contribution in [0.5, 0.6) is 17.2 Å². The molecular formula is C25H22ClN3O4S. The van der Waals surface area contributed by atoms with Gasteiger partial charge in [-0.05, 0) is 55.0 Å². The zero-order valence-corrected chi connectivity index (χ0v) is 20.6. The average Bonchev–Trinajstić information content (AvgIpc) is 3.26. The predicted molar refractivity (Wildman–Crippen MR) is 136 cm³/mol. The predicted octanol–water partition coefficient (Wildman–Crippen LogP) is 5.96. The molecule has 1 heterocycles. The Morgan fingerprint density at radius 1 is 1.03 bits per heavy atom. The topological polar surface area (TPSA) is 73.2 Å². The Morgan fingerprint density at radius 2 is 1.76 bits per heavy atom. The van der Waals surface area contributed by atoms with Gasteiger partial charge >= 0.3 is 0 Å². The molecule has 174 valence electrons. The zero-order valence-electron chi connectivity index (χ0n) is 19.0. The van der Waals surface area contributed by atoms with E-state index < -0.39 is 0 Å². The number of anilines is 1. The minimum Gasteiger partial charge on any atom is -0.493 e. The minimum atomic E-state index is -0.359. The number of ether oxygens (including phenoxy) is 3. The van der Waals surface area contributed by atoms with E-state index in [1.54, 1.807) is 42.6 Å². The molecule has 9 heteroatoms. The van der Waals surface area contributed by atoms with Gasteiger partial charge in [0, 0.05) is 16.1 Å². The maximum absolute atomic E-state index is 13.5. The summed E-state index contributed by atoms with van der Waals surface area (Å²) in [5, 5.41) is 6.68. The van der Waals surface area contributed by atoms with Gasteiger partial charge in [0.15, 0.2) is 11.5 Å². The number of aromatic nitrogens is 1. The van der Waals surface area contributed by atoms with Crippen LogP contribution in [-0.4, -0.2) is 38.4 Å². The maximum atomic E-state index is 13.5. The van der Waals surface area contributed by atoms with Crippen LogP contribution in [0.1, 0.15) is 21.5 Å². The lowest BCUT2D eigenvalue weighted by Crippen LogP contribution is -2.25. The Balaban J connectivity index is 1.79. The summed E-state index contributed by atoms with van der Waals surface area (Å²) in [5.41, 5.74) is 2.94. The van der Waals surface area contributed by atoms with Gasteiger partial charge in [-0.3, -0.25) is 4.79 Å². The smallest absolute Gasteiger partial charge is 0.280 e. The van der Waals surface area contributed by atoms with Crippen molar-refractivity contribution in [2.75, 3.05) is 26.3 Å². The third kappa shape index (κ3) is 4.83. The largest absolute Gasteiger partial charge is 0.493 e. The lowest BCUT2D eigenvalue weighted by atomic mass is 10.2. The molecule has 0 spiro atoms. The number of thiazole rings is 1. The summed E-state index contributed by atoms with van der Waals surface area (Å²) < 4.78 is 17.2. The fraction of sp³-hybridized carbons (Fsp3) is 0.160. The van der Waals surface area contributed by atoms with Gasteiger partial charge in [-0.15, -0.1) is 0 Å². The lowest BCUT2D eigenvalue weighted by molar-refractivity contribution is 0.0988. The van der Waals surface area contributed by atoms with E-state index in [1.807, 2.05) is 25.1 Å². The Morgan fingerprint density at radius 3 is 2.41 bits per heavy atom. The number of hydrogen-bond donors (Lipinski definition) is 0. The van der Waals surface area contributed by atoms with Crippen molar-refractivity contribution in [3.8, 4) is 17.2 Å². The molecule has 1 aromatic heterocycles. The highest BCUT2D eigenvalue weighted by Crippen LogP contribution is 2.38. The van der Waals surface area contributed by atoms with Crippen LogP contribution in [0.4, 0.5) is 5.13 Å². The van der Waals surface area contributed by atoms with Crippen molar-refractivity contribution < 1.29 is 19.0 Å². The summed E-state index contributed by atoms with van der Waals surface area (Å²) in [5.74, 6) is 1.07. The van der Waals surface area contributed by atoms with Gasteiger partial charge in [-0.2, -0.15) is 10.1 Å². The number of methoxy groups -OCH3 is 3. The number of nitrogens with zero attached hydrogens (tertiary/aromatic N) is 3. The Kier molecular flexibility index (Phi) is 7.00. The van der Waals surface area contributed by atoms with Gasteiger partial charge in [-0.25, -0.2) is 4.98 Å². The first-order valence-electron chi connectivity index (χ1n) is 10.2. The Hall–Kier alpha value is -3.62. The fourth-order valence-corrected chi connectivity index (χ4v) is 4.55. The van der Waals surface area contributed by atoms with Gasteiger partial charge in [0.05, 0.1) is 37.8 Å². The quantitative estimate of drug-likeness (QED) is 0.233. The number of halogens is 1. The van der Waals surface area contributed by atoms with Gasteiger partial charge in [0.1, 0.15) is 0 Å². The number of benzene rings is 3. The third-order valence-electron chi connectivity index (χ3n) is 4.99. The standard InChI is InChI=1S/C25H22ClN3O4S/c1-15-8-9-19-22(10-15)34-25(28-19)29(24(30)17-6-5-7-18(26)13-17)27-14-16-11-20(31-2)23(33-4)21(12-16)32-3/h5-14H,1-4H3/b27-14+. The SMILES string of the molecule is COc1cc(/C=N/N(C(=O)c2cccc(Cl)c2)c2nc3ccc(C)cc3s2)cc(OC)c1OC. The first kappa shape index (κ1) is 23.5. The van der Waals surface area contributed by atoms with Crippen molar-refractivity contribution in [2.24, 2.45) is 5.10 Å². The molecule has 0 bridgehead atoms. The molecule has 3 aromatic carbocycles. The molecule has 0 aliphatic heterocycles. The highest BCUT2D eigenvalue weighted by Gasteiger charge is 2.22. The van der Waals surface area contributed by atoms with Crippen molar-refractivity contribution in [3.63, 3.8) is 0 Å². The summed E-state index contributed by atoms with van der Waals surface area (Å²) in [6.07, 6.45) is 1.55. The number of aryl methyl sites for hydroxylation is 1. The van der Waals surface area contributed by atoms with Crippen LogP contribution in [0.2, 0.25) is 5.02 Å². The van der Waals surface area contributed by atoms with Crippen molar-refractivity contribution >= 4 is 50.4 Å². The summed E-state index contributed by atoms with van der Waals surface area (Å²) in [7, 11) is 4.61. The molecule has 0 saturated carbocycles. The van der Waals surface area contributed by atoms with Gasteiger partial charge in [0.2, 0.25) is 10.9 Å². The summed E-state index contributed by atoms with van der Waals surface area (Å²) in [6, 6.07) is 16.1. The second-order valence-electron chi connectivity index (χ2n) is 7.30. The average molecular weight is 496 g/mol. The van der Waals surface area contributed by atoms with Crippen LogP contribution in [-0.2, 0) is 0 Å². The van der Waals surface area contributed by atoms with Crippen molar-refractivity contribution in [1.82, 2.24) is 4.98 Å². The van der Waals surface area contributed by atoms with Crippen LogP contribution in [0, 0.1) is 6.92 Å². The van der Waals surface area contributed by atoms with Crippen molar-refractivity contribution in [2.45, 2.75) is 6.92 Å². The molecule has 4 rings (SSSR count). The molecule has 0 fully saturated rings. The molecule has 4 aromatic rings. The van der Waals surface area contributed by atoms with E-state index in [9.17, 15) is 4.79 Å². The number of amides is 1. The fourth-order valence-electron chi connectivity index (χ4n) is 3.34. The lowest BCUT2D eigenvalue weighted by Gasteiger charge is -2.15. The Labute approximate surface area is 206 Å². The maximum Gasteiger partial charge on any atom is 0.280 e. The number of fused-ring (bicyclic) bond motifs is 1. The van der Waals surface area contributed by atoms with Crippen molar-refractivity contribution in [1.29, 1.82) is 0 Å². The monoisotopic (exact) mass is 495 g/mol. The molecule has 0 radical (unpaired) electrons.